The Kier molecular flexibility index (Phi) is 9.25. The molecule has 0 saturated carbocycles. The van der Waals surface area contributed by atoms with Crippen LogP contribution in [0.5, 0.6) is 0 Å². The monoisotopic (exact) mass is 481 g/mol. The van der Waals surface area contributed by atoms with Gasteiger partial charge in [0.1, 0.15) is 6.26 Å². The highest BCUT2D eigenvalue weighted by Gasteiger charge is 2.26. The van der Waals surface area contributed by atoms with Crippen LogP contribution in [0.15, 0.2) is 29.9 Å². The molecule has 0 aliphatic carbocycles. The summed E-state index contributed by atoms with van der Waals surface area (Å²) in [6.45, 7) is 4.91. The van der Waals surface area contributed by atoms with Crippen molar-refractivity contribution in [2.45, 2.75) is 39.7 Å². The van der Waals surface area contributed by atoms with Crippen LogP contribution in [0.2, 0.25) is 0 Å². The molecule has 30 heavy (non-hydrogen) atoms. The summed E-state index contributed by atoms with van der Waals surface area (Å²) in [7, 11) is -7.89. The number of hydroxylamine groups is 1. The van der Waals surface area contributed by atoms with Gasteiger partial charge in [0.15, 0.2) is 12.7 Å². The van der Waals surface area contributed by atoms with Gasteiger partial charge in [-0.05, 0) is 12.8 Å². The predicted molar refractivity (Wildman–Crippen MR) is 111 cm³/mol. The van der Waals surface area contributed by atoms with Crippen LogP contribution >= 0.6 is 11.3 Å². The number of hydrogen-bond acceptors (Lipinski definition) is 10. The van der Waals surface area contributed by atoms with Crippen LogP contribution in [0.1, 0.15) is 38.1 Å². The number of thiazole rings is 1. The van der Waals surface area contributed by atoms with E-state index >= 15 is 0 Å². The fourth-order valence-corrected chi connectivity index (χ4v) is 5.20. The number of allylic oxidation sites excluding steroid dienone is 1. The van der Waals surface area contributed by atoms with Gasteiger partial charge in [-0.15, -0.1) is 0 Å². The fourth-order valence-electron chi connectivity index (χ4n) is 2.86. The highest BCUT2D eigenvalue weighted by Crippen LogP contribution is 2.29. The van der Waals surface area contributed by atoms with Crippen LogP contribution < -0.4 is 10.0 Å². The normalized spacial score (nSPS) is 16.2. The maximum Gasteiger partial charge on any atom is 0.283 e. The summed E-state index contributed by atoms with van der Waals surface area (Å²) >= 11 is 1.49. The summed E-state index contributed by atoms with van der Waals surface area (Å²) in [5.74, 6) is 0.0537. The molecule has 0 radical (unpaired) electrons. The van der Waals surface area contributed by atoms with Crippen molar-refractivity contribution < 1.29 is 35.0 Å². The first kappa shape index (κ1) is 24.8. The van der Waals surface area contributed by atoms with Gasteiger partial charge in [0.2, 0.25) is 5.88 Å². The molecule has 0 fully saturated rings. The van der Waals surface area contributed by atoms with E-state index in [4.69, 9.17) is 4.74 Å². The first-order valence-corrected chi connectivity index (χ1v) is 13.6. The van der Waals surface area contributed by atoms with E-state index in [0.717, 1.165) is 10.6 Å². The molecule has 1 aliphatic rings. The molecule has 0 atom stereocenters. The lowest BCUT2D eigenvalue weighted by Gasteiger charge is -2.18. The molecule has 13 heteroatoms. The third-order valence-electron chi connectivity index (χ3n) is 4.15. The van der Waals surface area contributed by atoms with Gasteiger partial charge in [-0.3, -0.25) is 0 Å². The molecule has 1 aliphatic heterocycles. The fraction of sp³-hybridized carbons (Fsp3) is 0.588. The lowest BCUT2D eigenvalue weighted by Crippen LogP contribution is -2.36. The predicted octanol–water partition coefficient (Wildman–Crippen LogP) is 1.11. The highest BCUT2D eigenvalue weighted by molar-refractivity contribution is 7.86. The Morgan fingerprint density at radius 1 is 1.27 bits per heavy atom. The third-order valence-corrected chi connectivity index (χ3v) is 7.06. The van der Waals surface area contributed by atoms with E-state index < -0.39 is 26.0 Å². The molecule has 1 aromatic rings. The molecule has 2 heterocycles. The van der Waals surface area contributed by atoms with Gasteiger partial charge in [0.05, 0.1) is 26.8 Å². The van der Waals surface area contributed by atoms with Gasteiger partial charge in [-0.1, -0.05) is 25.2 Å². The Bertz CT molecular complexity index is 968. The van der Waals surface area contributed by atoms with Gasteiger partial charge in [-0.25, -0.2) is 8.42 Å². The molecular formula is C17H27N3O7S3. The van der Waals surface area contributed by atoms with Gasteiger partial charge >= 0.3 is 0 Å². The molecule has 10 nitrogen and oxygen atoms in total. The minimum atomic E-state index is -4.25. The average molecular weight is 482 g/mol. The zero-order valence-electron chi connectivity index (χ0n) is 16.9. The van der Waals surface area contributed by atoms with Crippen molar-refractivity contribution in [1.82, 2.24) is 10.4 Å². The van der Waals surface area contributed by atoms with Crippen LogP contribution in [0.25, 0.3) is 5.57 Å². The lowest BCUT2D eigenvalue weighted by atomic mass is 10.2. The second kappa shape index (κ2) is 11.2. The Labute approximate surface area is 181 Å². The third kappa shape index (κ3) is 7.63. The number of ether oxygens (including phenoxy) is 1. The molecule has 1 aromatic heterocycles. The van der Waals surface area contributed by atoms with Crippen molar-refractivity contribution in [2.75, 3.05) is 24.6 Å². The Morgan fingerprint density at radius 2 is 2.03 bits per heavy atom. The van der Waals surface area contributed by atoms with E-state index in [1.165, 1.54) is 17.6 Å². The van der Waals surface area contributed by atoms with Crippen molar-refractivity contribution in [3.8, 4) is 0 Å². The van der Waals surface area contributed by atoms with Crippen molar-refractivity contribution in [1.29, 1.82) is 0 Å². The van der Waals surface area contributed by atoms with Gasteiger partial charge < -0.3 is 14.2 Å². The summed E-state index contributed by atoms with van der Waals surface area (Å²) in [5.41, 5.74) is 3.25. The zero-order valence-corrected chi connectivity index (χ0v) is 19.4. The van der Waals surface area contributed by atoms with Crippen LogP contribution in [-0.2, 0) is 35.8 Å². The largest absolute Gasteiger partial charge is 0.748 e. The lowest BCUT2D eigenvalue weighted by molar-refractivity contribution is -0.694. The van der Waals surface area contributed by atoms with E-state index in [-0.39, 0.29) is 12.2 Å². The second-order valence-electron chi connectivity index (χ2n) is 6.45. The topological polar surface area (TPSA) is 129 Å². The molecule has 0 aromatic carbocycles. The summed E-state index contributed by atoms with van der Waals surface area (Å²) < 4.78 is 68.4. The quantitative estimate of drug-likeness (QED) is 0.250. The maximum absolute atomic E-state index is 11.8. The van der Waals surface area contributed by atoms with Crippen LogP contribution in [0.4, 0.5) is 0 Å². The summed E-state index contributed by atoms with van der Waals surface area (Å²) in [6.07, 6.45) is 6.33. The first-order chi connectivity index (χ1) is 14.2. The van der Waals surface area contributed by atoms with Crippen molar-refractivity contribution in [3.05, 3.63) is 34.9 Å². The first-order valence-electron chi connectivity index (χ1n) is 9.55. The van der Waals surface area contributed by atoms with Crippen molar-refractivity contribution in [3.63, 3.8) is 0 Å². The molecule has 0 bridgehead atoms. The summed E-state index contributed by atoms with van der Waals surface area (Å²) in [5, 5.41) is 2.78. The number of hydrogen-bond donors (Lipinski definition) is 1. The number of aromatic nitrogens is 1. The molecule has 2 rings (SSSR count). The van der Waals surface area contributed by atoms with Crippen LogP contribution in [0.3, 0.4) is 0 Å². The second-order valence-corrected chi connectivity index (χ2v) is 10.6. The average Bonchev–Trinajstić information content (AvgIpc) is 3.30. The number of nitrogens with zero attached hydrogens (tertiary/aromatic N) is 2. The number of nitrogens with one attached hydrogen (secondary N) is 1. The Hall–Kier alpha value is -1.51. The van der Waals surface area contributed by atoms with Gasteiger partial charge in [0, 0.05) is 31.5 Å². The highest BCUT2D eigenvalue weighted by atomic mass is 32.2. The van der Waals surface area contributed by atoms with Crippen molar-refractivity contribution >= 4 is 37.1 Å². The standard InChI is InChI=1S/C17H27N3O7S3/c1-3-15(17-20(10-12-28-17)8-5-13-29(21,22)23)16-19(9-11-26-16)7-6-14-30(24,25)27-18-4-2/h9-12,18H,3-8,13-14H2,1-2H3. The molecule has 0 saturated heterocycles. The smallest absolute Gasteiger partial charge is 0.283 e. The minimum Gasteiger partial charge on any atom is -0.748 e. The number of aryl methyl sites for hydroxylation is 1. The molecule has 0 spiro atoms. The summed E-state index contributed by atoms with van der Waals surface area (Å²) in [4.78, 5) is 1.84. The zero-order chi connectivity index (χ0) is 22.2. The van der Waals surface area contributed by atoms with E-state index in [1.807, 2.05) is 28.0 Å². The van der Waals surface area contributed by atoms with E-state index in [9.17, 15) is 21.4 Å². The molecule has 1 N–H and O–H groups in total. The Morgan fingerprint density at radius 3 is 2.70 bits per heavy atom. The maximum atomic E-state index is 11.8. The minimum absolute atomic E-state index is 0.137. The molecule has 170 valence electrons. The SMILES string of the molecule is CCNOS(=O)(=O)CCCN1C=COC1=C(CC)c1scc[n+]1CCCS(=O)(=O)[O-]. The van der Waals surface area contributed by atoms with Crippen molar-refractivity contribution in [2.24, 2.45) is 0 Å². The summed E-state index contributed by atoms with van der Waals surface area (Å²) in [6, 6.07) is 0. The molecular weight excluding hydrogens is 454 g/mol. The van der Waals surface area contributed by atoms with Crippen LogP contribution in [-0.4, -0.2) is 50.9 Å². The van der Waals surface area contributed by atoms with E-state index in [2.05, 4.69) is 9.76 Å². The Balaban J connectivity index is 2.08. The van der Waals surface area contributed by atoms with E-state index in [1.54, 1.807) is 13.1 Å². The van der Waals surface area contributed by atoms with E-state index in [0.29, 0.717) is 38.4 Å². The van der Waals surface area contributed by atoms with Gasteiger partial charge in [0.25, 0.3) is 15.1 Å². The molecule has 0 unspecified atom stereocenters. The number of rotatable bonds is 13. The van der Waals surface area contributed by atoms with Crippen LogP contribution in [0, 0.1) is 0 Å². The van der Waals surface area contributed by atoms with Gasteiger partial charge in [-0.2, -0.15) is 22.7 Å². The molecule has 0 amide bonds.